The van der Waals surface area contributed by atoms with Crippen LogP contribution in [-0.4, -0.2) is 24.2 Å². The topological polar surface area (TPSA) is 64.3 Å². The molecule has 1 atom stereocenters. The van der Waals surface area contributed by atoms with Crippen LogP contribution < -0.4 is 4.90 Å². The number of carbonyl (C=O) groups is 1. The van der Waals surface area contributed by atoms with Crippen molar-refractivity contribution in [1.82, 2.24) is 0 Å². The van der Waals surface area contributed by atoms with Crippen LogP contribution in [0, 0.1) is 17.2 Å². The zero-order chi connectivity index (χ0) is 16.2. The van der Waals surface area contributed by atoms with E-state index in [9.17, 15) is 10.1 Å². The van der Waals surface area contributed by atoms with E-state index in [1.54, 1.807) is 13.0 Å². The number of hydrogen-bond acceptors (Lipinski definition) is 4. The first-order valence-corrected chi connectivity index (χ1v) is 7.71. The molecular formula is C16H22N2O2S. The lowest BCUT2D eigenvalue weighted by atomic mass is 9.86. The summed E-state index contributed by atoms with van der Waals surface area (Å²) >= 11 is 1.49. The number of nitriles is 1. The molecule has 1 unspecified atom stereocenters. The van der Waals surface area contributed by atoms with Crippen molar-refractivity contribution in [2.24, 2.45) is 5.92 Å². The second kappa shape index (κ2) is 6.77. The number of hydrogen-bond donors (Lipinski definition) is 1. The molecular weight excluding hydrogens is 284 g/mol. The lowest BCUT2D eigenvalue weighted by Crippen LogP contribution is -2.32. The van der Waals surface area contributed by atoms with E-state index < -0.39 is 11.9 Å². The van der Waals surface area contributed by atoms with E-state index in [1.165, 1.54) is 11.3 Å². The van der Waals surface area contributed by atoms with Crippen LogP contribution in [0.4, 0.5) is 5.00 Å². The molecule has 0 spiro atoms. The van der Waals surface area contributed by atoms with Gasteiger partial charge >= 0.3 is 5.97 Å². The van der Waals surface area contributed by atoms with Crippen LogP contribution in [0.15, 0.2) is 18.0 Å². The molecule has 0 bridgehead atoms. The summed E-state index contributed by atoms with van der Waals surface area (Å²) in [6, 6.07) is 2.28. The Labute approximate surface area is 130 Å². The number of anilines is 1. The maximum absolute atomic E-state index is 11.1. The Kier molecular flexibility index (Phi) is 5.56. The third kappa shape index (κ3) is 4.08. The van der Waals surface area contributed by atoms with Gasteiger partial charge in [0.15, 0.2) is 0 Å². The summed E-state index contributed by atoms with van der Waals surface area (Å²) in [6.45, 7) is 12.5. The Morgan fingerprint density at radius 3 is 2.67 bits per heavy atom. The van der Waals surface area contributed by atoms with Crippen molar-refractivity contribution >= 4 is 22.3 Å². The highest BCUT2D eigenvalue weighted by atomic mass is 32.1. The van der Waals surface area contributed by atoms with Gasteiger partial charge in [-0.3, -0.25) is 4.79 Å². The second-order valence-corrected chi connectivity index (χ2v) is 6.98. The Hall–Kier alpha value is -1.80. The molecule has 114 valence electrons. The van der Waals surface area contributed by atoms with Gasteiger partial charge in [0.25, 0.3) is 0 Å². The van der Waals surface area contributed by atoms with E-state index >= 15 is 0 Å². The molecule has 1 aromatic heterocycles. The normalized spacial score (nSPS) is 12.5. The van der Waals surface area contributed by atoms with E-state index in [1.807, 2.05) is 10.3 Å². The van der Waals surface area contributed by atoms with E-state index in [4.69, 9.17) is 5.11 Å². The number of aliphatic carboxylic acids is 1. The molecule has 0 aliphatic heterocycles. The van der Waals surface area contributed by atoms with Gasteiger partial charge in [-0.1, -0.05) is 33.8 Å². The Bertz CT molecular complexity index is 564. The molecule has 4 nitrogen and oxygen atoms in total. The zero-order valence-electron chi connectivity index (χ0n) is 13.0. The largest absolute Gasteiger partial charge is 0.481 e. The summed E-state index contributed by atoms with van der Waals surface area (Å²) in [5.74, 6) is -1.34. The predicted molar refractivity (Wildman–Crippen MR) is 86.9 cm³/mol. The van der Waals surface area contributed by atoms with Gasteiger partial charge in [0.2, 0.25) is 0 Å². The maximum atomic E-state index is 11.1. The van der Waals surface area contributed by atoms with Gasteiger partial charge in [0.1, 0.15) is 11.1 Å². The fraction of sp³-hybridized carbons (Fsp3) is 0.500. The van der Waals surface area contributed by atoms with Crippen molar-refractivity contribution in [3.8, 4) is 6.07 Å². The molecule has 0 aliphatic carbocycles. The smallest absolute Gasteiger partial charge is 0.308 e. The first kappa shape index (κ1) is 17.3. The minimum atomic E-state index is -0.838. The van der Waals surface area contributed by atoms with Gasteiger partial charge in [0.05, 0.1) is 11.5 Å². The zero-order valence-corrected chi connectivity index (χ0v) is 13.8. The summed E-state index contributed by atoms with van der Waals surface area (Å²) < 4.78 is 0. The van der Waals surface area contributed by atoms with Crippen molar-refractivity contribution in [2.75, 3.05) is 18.0 Å². The van der Waals surface area contributed by atoms with Crippen LogP contribution in [0.2, 0.25) is 0 Å². The molecule has 0 radical (unpaired) electrons. The molecule has 0 fully saturated rings. The summed E-state index contributed by atoms with van der Waals surface area (Å²) in [5, 5.41) is 21.4. The summed E-state index contributed by atoms with van der Waals surface area (Å²) in [6.07, 6.45) is 1.73. The Morgan fingerprint density at radius 2 is 2.24 bits per heavy atom. The number of carboxylic acid groups (broad SMARTS) is 1. The van der Waals surface area contributed by atoms with Gasteiger partial charge in [-0.05, 0) is 16.4 Å². The van der Waals surface area contributed by atoms with E-state index in [-0.39, 0.29) is 5.41 Å². The lowest BCUT2D eigenvalue weighted by molar-refractivity contribution is -0.140. The summed E-state index contributed by atoms with van der Waals surface area (Å²) in [7, 11) is 0. The number of nitrogens with zero attached hydrogens (tertiary/aromatic N) is 2. The van der Waals surface area contributed by atoms with Crippen molar-refractivity contribution in [2.45, 2.75) is 33.1 Å². The molecule has 0 aromatic carbocycles. The van der Waals surface area contributed by atoms with E-state index in [2.05, 4.69) is 33.4 Å². The van der Waals surface area contributed by atoms with Crippen molar-refractivity contribution in [1.29, 1.82) is 5.26 Å². The molecule has 5 heteroatoms. The number of thiophene rings is 1. The molecule has 1 N–H and O–H groups in total. The average Bonchev–Trinajstić information content (AvgIpc) is 2.81. The fourth-order valence-electron chi connectivity index (χ4n) is 2.05. The number of carboxylic acids is 1. The van der Waals surface area contributed by atoms with E-state index in [0.717, 1.165) is 10.6 Å². The summed E-state index contributed by atoms with van der Waals surface area (Å²) in [5.41, 5.74) is 1.53. The first-order valence-electron chi connectivity index (χ1n) is 6.83. The van der Waals surface area contributed by atoms with Crippen LogP contribution in [0.1, 0.15) is 38.8 Å². The predicted octanol–water partition coefficient (Wildman–Crippen LogP) is 3.63. The van der Waals surface area contributed by atoms with Gasteiger partial charge < -0.3 is 10.0 Å². The minimum Gasteiger partial charge on any atom is -0.481 e. The van der Waals surface area contributed by atoms with Gasteiger partial charge in [-0.2, -0.15) is 5.26 Å². The molecule has 0 saturated carbocycles. The lowest BCUT2D eigenvalue weighted by Gasteiger charge is -2.25. The third-order valence-electron chi connectivity index (χ3n) is 3.24. The quantitative estimate of drug-likeness (QED) is 0.815. The molecule has 21 heavy (non-hydrogen) atoms. The molecule has 1 rings (SSSR count). The monoisotopic (exact) mass is 306 g/mol. The van der Waals surface area contributed by atoms with Crippen LogP contribution >= 0.6 is 11.3 Å². The highest BCUT2D eigenvalue weighted by molar-refractivity contribution is 7.14. The summed E-state index contributed by atoms with van der Waals surface area (Å²) in [4.78, 5) is 13.0. The molecule has 0 amide bonds. The van der Waals surface area contributed by atoms with Crippen molar-refractivity contribution in [3.05, 3.63) is 29.2 Å². The van der Waals surface area contributed by atoms with Gasteiger partial charge in [0, 0.05) is 13.1 Å². The SMILES string of the molecule is C=CCN(CC(C)C(=O)O)c1scc(C(C)(C)C)c1C#N. The van der Waals surface area contributed by atoms with Crippen molar-refractivity contribution < 1.29 is 9.90 Å². The number of rotatable bonds is 6. The van der Waals surface area contributed by atoms with E-state index in [0.29, 0.717) is 18.7 Å². The highest BCUT2D eigenvalue weighted by Gasteiger charge is 2.26. The first-order chi connectivity index (χ1) is 9.72. The molecule has 1 aromatic rings. The van der Waals surface area contributed by atoms with Gasteiger partial charge in [-0.25, -0.2) is 0 Å². The fourth-order valence-corrected chi connectivity index (χ4v) is 3.32. The van der Waals surface area contributed by atoms with Gasteiger partial charge in [-0.15, -0.1) is 17.9 Å². The minimum absolute atomic E-state index is 0.113. The Morgan fingerprint density at radius 1 is 1.62 bits per heavy atom. The molecule has 0 saturated heterocycles. The molecule has 0 aliphatic rings. The Balaban J connectivity index is 3.21. The van der Waals surface area contributed by atoms with Crippen LogP contribution in [0.5, 0.6) is 0 Å². The second-order valence-electron chi connectivity index (χ2n) is 6.12. The van der Waals surface area contributed by atoms with Crippen molar-refractivity contribution in [3.63, 3.8) is 0 Å². The highest BCUT2D eigenvalue weighted by Crippen LogP contribution is 2.37. The maximum Gasteiger partial charge on any atom is 0.308 e. The third-order valence-corrected chi connectivity index (χ3v) is 4.28. The average molecular weight is 306 g/mol. The van der Waals surface area contributed by atoms with Crippen LogP contribution in [0.25, 0.3) is 0 Å². The van der Waals surface area contributed by atoms with Crippen LogP contribution in [0.3, 0.4) is 0 Å². The standard InChI is InChI=1S/C16H22N2O2S/c1-6-7-18(9-11(2)15(19)20)14-12(8-17)13(10-21-14)16(3,4)5/h6,10-11H,1,7,9H2,2-5H3,(H,19,20). The molecule has 1 heterocycles. The van der Waals surface area contributed by atoms with Crippen LogP contribution in [-0.2, 0) is 10.2 Å².